The number of fused-ring (bicyclic) bond motifs is 2. The standard InChI is InChI=1S/C27H24ClN3O4S/c1-5-30-14-16(18-8-6-7-9-20(18)30)12-22-25(32)31-24(19-13-17(28)10-11-21(19)34-3)23(26(33)35-4)15(2)29-27(31)36-22/h6-14,24H,5H2,1-4H3/b22-12-/t24-/m0/s1. The minimum Gasteiger partial charge on any atom is -0.496 e. The van der Waals surface area contributed by atoms with E-state index >= 15 is 0 Å². The lowest BCUT2D eigenvalue weighted by molar-refractivity contribution is -0.136. The average Bonchev–Trinajstić information content (AvgIpc) is 3.39. The third kappa shape index (κ3) is 3.86. The number of rotatable bonds is 5. The molecule has 2 aromatic carbocycles. The number of para-hydroxylation sites is 1. The lowest BCUT2D eigenvalue weighted by atomic mass is 9.95. The van der Waals surface area contributed by atoms with Gasteiger partial charge in [0.1, 0.15) is 11.8 Å². The zero-order valence-corrected chi connectivity index (χ0v) is 21.8. The summed E-state index contributed by atoms with van der Waals surface area (Å²) >= 11 is 7.62. The Morgan fingerprint density at radius 2 is 2.00 bits per heavy atom. The Hall–Kier alpha value is -3.62. The second-order valence-corrected chi connectivity index (χ2v) is 9.79. The van der Waals surface area contributed by atoms with E-state index in [-0.39, 0.29) is 11.1 Å². The summed E-state index contributed by atoms with van der Waals surface area (Å²) in [5.74, 6) is -0.0651. The molecule has 5 rings (SSSR count). The van der Waals surface area contributed by atoms with Crippen LogP contribution in [0.2, 0.25) is 5.02 Å². The molecule has 184 valence electrons. The summed E-state index contributed by atoms with van der Waals surface area (Å²) in [6, 6.07) is 12.4. The van der Waals surface area contributed by atoms with Crippen LogP contribution in [0.1, 0.15) is 31.0 Å². The minimum absolute atomic E-state index is 0.256. The summed E-state index contributed by atoms with van der Waals surface area (Å²) in [6.07, 6.45) is 3.94. The Labute approximate surface area is 216 Å². The number of hydrogen-bond acceptors (Lipinski definition) is 6. The second-order valence-electron chi connectivity index (χ2n) is 8.35. The topological polar surface area (TPSA) is 74.8 Å². The number of nitrogens with zero attached hydrogens (tertiary/aromatic N) is 3. The number of esters is 1. The highest BCUT2D eigenvalue weighted by Gasteiger charge is 2.35. The first-order valence-corrected chi connectivity index (χ1v) is 12.6. The summed E-state index contributed by atoms with van der Waals surface area (Å²) in [6.45, 7) is 4.63. The molecular weight excluding hydrogens is 498 g/mol. The molecule has 0 fully saturated rings. The Balaban J connectivity index is 1.80. The van der Waals surface area contributed by atoms with Crippen LogP contribution in [0.3, 0.4) is 0 Å². The Bertz CT molecular complexity index is 1730. The van der Waals surface area contributed by atoms with E-state index in [1.54, 1.807) is 25.1 Å². The molecule has 2 aromatic heterocycles. The van der Waals surface area contributed by atoms with E-state index in [9.17, 15) is 9.59 Å². The zero-order valence-electron chi connectivity index (χ0n) is 20.2. The van der Waals surface area contributed by atoms with Crippen LogP contribution >= 0.6 is 22.9 Å². The maximum Gasteiger partial charge on any atom is 0.338 e. The maximum atomic E-state index is 13.9. The van der Waals surface area contributed by atoms with Gasteiger partial charge in [-0.3, -0.25) is 9.36 Å². The first-order valence-electron chi connectivity index (χ1n) is 11.4. The van der Waals surface area contributed by atoms with Crippen molar-refractivity contribution in [1.82, 2.24) is 9.13 Å². The molecule has 1 aliphatic rings. The molecule has 1 aliphatic heterocycles. The van der Waals surface area contributed by atoms with E-state index in [0.29, 0.717) is 31.4 Å². The van der Waals surface area contributed by atoms with E-state index in [1.165, 1.54) is 30.1 Å². The molecular formula is C27H24ClN3O4S. The number of aromatic nitrogens is 2. The summed E-state index contributed by atoms with van der Waals surface area (Å²) < 4.78 is 14.9. The molecule has 0 radical (unpaired) electrons. The number of benzene rings is 2. The molecule has 0 unspecified atom stereocenters. The van der Waals surface area contributed by atoms with Gasteiger partial charge in [-0.1, -0.05) is 41.1 Å². The maximum absolute atomic E-state index is 13.9. The van der Waals surface area contributed by atoms with Gasteiger partial charge in [-0.25, -0.2) is 9.79 Å². The van der Waals surface area contributed by atoms with Gasteiger partial charge in [0.15, 0.2) is 4.80 Å². The Kier molecular flexibility index (Phi) is 6.32. The third-order valence-corrected chi connectivity index (χ3v) is 7.58. The molecule has 3 heterocycles. The molecule has 9 heteroatoms. The fourth-order valence-electron chi connectivity index (χ4n) is 4.70. The summed E-state index contributed by atoms with van der Waals surface area (Å²) in [7, 11) is 2.85. The van der Waals surface area contributed by atoms with Crippen LogP contribution in [0, 0.1) is 0 Å². The van der Waals surface area contributed by atoms with Gasteiger partial charge in [-0.15, -0.1) is 0 Å². The normalized spacial score (nSPS) is 15.7. The molecule has 0 spiro atoms. The van der Waals surface area contributed by atoms with Gasteiger partial charge in [0.2, 0.25) is 0 Å². The minimum atomic E-state index is -0.804. The Morgan fingerprint density at radius 1 is 1.22 bits per heavy atom. The quantitative estimate of drug-likeness (QED) is 0.371. The van der Waals surface area contributed by atoms with Crippen LogP contribution in [-0.4, -0.2) is 29.3 Å². The molecule has 1 atom stereocenters. The second kappa shape index (κ2) is 9.44. The number of methoxy groups -OCH3 is 2. The molecule has 0 aliphatic carbocycles. The van der Waals surface area contributed by atoms with Crippen molar-refractivity contribution < 1.29 is 14.3 Å². The van der Waals surface area contributed by atoms with Crippen molar-refractivity contribution in [3.63, 3.8) is 0 Å². The predicted molar refractivity (Wildman–Crippen MR) is 141 cm³/mol. The molecule has 7 nitrogen and oxygen atoms in total. The van der Waals surface area contributed by atoms with Crippen LogP contribution in [0.25, 0.3) is 17.0 Å². The van der Waals surface area contributed by atoms with Crippen molar-refractivity contribution in [2.24, 2.45) is 4.99 Å². The van der Waals surface area contributed by atoms with Crippen LogP contribution < -0.4 is 19.6 Å². The van der Waals surface area contributed by atoms with Crippen LogP contribution in [0.15, 0.2) is 69.7 Å². The molecule has 0 amide bonds. The number of thiazole rings is 1. The number of aryl methyl sites for hydroxylation is 1. The smallest absolute Gasteiger partial charge is 0.338 e. The summed E-state index contributed by atoms with van der Waals surface area (Å²) in [4.78, 5) is 31.9. The van der Waals surface area contributed by atoms with Gasteiger partial charge in [0.05, 0.1) is 30.0 Å². The number of carbonyl (C=O) groups excluding carboxylic acids is 1. The zero-order chi connectivity index (χ0) is 25.6. The van der Waals surface area contributed by atoms with Crippen molar-refractivity contribution in [2.45, 2.75) is 26.4 Å². The van der Waals surface area contributed by atoms with Crippen LogP contribution in [0.5, 0.6) is 5.75 Å². The largest absolute Gasteiger partial charge is 0.496 e. The SMILES string of the molecule is CCn1cc(/C=c2\sc3n(c2=O)[C@@H](c2cc(Cl)ccc2OC)C(C(=O)OC)=C(C)N=3)c2ccccc21. The molecule has 0 saturated heterocycles. The van der Waals surface area contributed by atoms with E-state index < -0.39 is 12.0 Å². The molecule has 0 bridgehead atoms. The third-order valence-electron chi connectivity index (χ3n) is 6.36. The van der Waals surface area contributed by atoms with Crippen molar-refractivity contribution in [2.75, 3.05) is 14.2 Å². The highest BCUT2D eigenvalue weighted by atomic mass is 35.5. The monoisotopic (exact) mass is 521 g/mol. The highest BCUT2D eigenvalue weighted by molar-refractivity contribution is 7.07. The lowest BCUT2D eigenvalue weighted by Crippen LogP contribution is -2.40. The number of carbonyl (C=O) groups is 1. The summed E-state index contributed by atoms with van der Waals surface area (Å²) in [5, 5.41) is 1.52. The van der Waals surface area contributed by atoms with Crippen LogP contribution in [0.4, 0.5) is 0 Å². The number of allylic oxidation sites excluding steroid dienone is 1. The fourth-order valence-corrected chi connectivity index (χ4v) is 5.92. The van der Waals surface area contributed by atoms with E-state index in [2.05, 4.69) is 22.5 Å². The Morgan fingerprint density at radius 3 is 2.72 bits per heavy atom. The summed E-state index contributed by atoms with van der Waals surface area (Å²) in [5.41, 5.74) is 3.11. The number of hydrogen-bond donors (Lipinski definition) is 0. The fraction of sp³-hybridized carbons (Fsp3) is 0.222. The van der Waals surface area contributed by atoms with Gasteiger partial charge in [-0.05, 0) is 44.2 Å². The van der Waals surface area contributed by atoms with Crippen molar-refractivity contribution in [1.29, 1.82) is 0 Å². The molecule has 36 heavy (non-hydrogen) atoms. The first-order chi connectivity index (χ1) is 17.4. The number of halogens is 1. The predicted octanol–water partition coefficient (Wildman–Crippen LogP) is 4.04. The van der Waals surface area contributed by atoms with Crippen molar-refractivity contribution in [3.05, 3.63) is 95.8 Å². The van der Waals surface area contributed by atoms with Gasteiger partial charge in [0, 0.05) is 39.8 Å². The van der Waals surface area contributed by atoms with Gasteiger partial charge >= 0.3 is 5.97 Å². The van der Waals surface area contributed by atoms with E-state index in [1.807, 2.05) is 30.5 Å². The van der Waals surface area contributed by atoms with Gasteiger partial charge in [-0.2, -0.15) is 0 Å². The van der Waals surface area contributed by atoms with Gasteiger partial charge in [0.25, 0.3) is 5.56 Å². The first kappa shape index (κ1) is 24.1. The lowest BCUT2D eigenvalue weighted by Gasteiger charge is -2.25. The van der Waals surface area contributed by atoms with Crippen molar-refractivity contribution in [3.8, 4) is 5.75 Å². The number of ether oxygens (including phenoxy) is 2. The molecule has 0 saturated carbocycles. The highest BCUT2D eigenvalue weighted by Crippen LogP contribution is 2.37. The van der Waals surface area contributed by atoms with Crippen molar-refractivity contribution >= 4 is 45.9 Å². The average molecular weight is 522 g/mol. The van der Waals surface area contributed by atoms with Crippen LogP contribution in [-0.2, 0) is 16.1 Å². The molecule has 0 N–H and O–H groups in total. The van der Waals surface area contributed by atoms with E-state index in [0.717, 1.165) is 23.0 Å². The van der Waals surface area contributed by atoms with E-state index in [4.69, 9.17) is 21.1 Å². The van der Waals surface area contributed by atoms with Gasteiger partial charge < -0.3 is 14.0 Å². The molecule has 4 aromatic rings.